The summed E-state index contributed by atoms with van der Waals surface area (Å²) >= 11 is 0. The van der Waals surface area contributed by atoms with Crippen molar-refractivity contribution in [1.82, 2.24) is 9.21 Å². The zero-order valence-electron chi connectivity index (χ0n) is 8.81. The van der Waals surface area contributed by atoms with Crippen LogP contribution in [0.15, 0.2) is 0 Å². The topological polar surface area (TPSA) is 66.6 Å². The molecule has 6 heteroatoms. The summed E-state index contributed by atoms with van der Waals surface area (Å²) in [5, 5.41) is 5.17. The average molecular weight is 221 g/mol. The van der Waals surface area contributed by atoms with Crippen LogP contribution in [0.2, 0.25) is 0 Å². The Bertz CT molecular complexity index is 278. The molecule has 0 aromatic heterocycles. The molecule has 1 aliphatic rings. The first-order valence-corrected chi connectivity index (χ1v) is 6.43. The fourth-order valence-corrected chi connectivity index (χ4v) is 2.90. The van der Waals surface area contributed by atoms with Gasteiger partial charge in [-0.25, -0.2) is 5.14 Å². The Morgan fingerprint density at radius 1 is 1.43 bits per heavy atom. The quantitative estimate of drug-likeness (QED) is 0.690. The summed E-state index contributed by atoms with van der Waals surface area (Å²) in [6.07, 6.45) is 1.66. The summed E-state index contributed by atoms with van der Waals surface area (Å²) in [5.74, 6) is 0. The van der Waals surface area contributed by atoms with Crippen LogP contribution in [0.25, 0.3) is 0 Å². The summed E-state index contributed by atoms with van der Waals surface area (Å²) in [6, 6.07) is 0.0255. The zero-order valence-corrected chi connectivity index (χ0v) is 9.63. The van der Waals surface area contributed by atoms with Gasteiger partial charge in [-0.3, -0.25) is 0 Å². The first-order valence-electron chi connectivity index (χ1n) is 4.93. The van der Waals surface area contributed by atoms with E-state index in [0.717, 1.165) is 25.9 Å². The molecule has 0 radical (unpaired) electrons. The van der Waals surface area contributed by atoms with Gasteiger partial charge < -0.3 is 4.90 Å². The third kappa shape index (κ3) is 2.91. The lowest BCUT2D eigenvalue weighted by Crippen LogP contribution is -2.46. The van der Waals surface area contributed by atoms with Gasteiger partial charge in [-0.05, 0) is 26.4 Å². The summed E-state index contributed by atoms with van der Waals surface area (Å²) < 4.78 is 24.0. The van der Waals surface area contributed by atoms with Crippen LogP contribution in [0.4, 0.5) is 0 Å². The predicted molar refractivity (Wildman–Crippen MR) is 56.0 cm³/mol. The molecule has 0 aromatic carbocycles. The molecule has 0 saturated carbocycles. The van der Waals surface area contributed by atoms with Crippen LogP contribution in [0, 0.1) is 0 Å². The van der Waals surface area contributed by atoms with Crippen LogP contribution < -0.4 is 5.14 Å². The Kier molecular flexibility index (Phi) is 3.88. The van der Waals surface area contributed by atoms with Crippen LogP contribution >= 0.6 is 0 Å². The zero-order chi connectivity index (χ0) is 10.8. The monoisotopic (exact) mass is 221 g/mol. The van der Waals surface area contributed by atoms with Gasteiger partial charge in [-0.2, -0.15) is 12.7 Å². The highest BCUT2D eigenvalue weighted by Gasteiger charge is 2.28. The van der Waals surface area contributed by atoms with Crippen molar-refractivity contribution < 1.29 is 8.42 Å². The maximum Gasteiger partial charge on any atom is 0.277 e. The number of rotatable bonds is 2. The number of nitrogens with zero attached hydrogens (tertiary/aromatic N) is 2. The van der Waals surface area contributed by atoms with E-state index in [-0.39, 0.29) is 6.04 Å². The molecule has 0 aliphatic carbocycles. The van der Waals surface area contributed by atoms with Crippen molar-refractivity contribution >= 4 is 10.2 Å². The largest absolute Gasteiger partial charge is 0.305 e. The van der Waals surface area contributed by atoms with Crippen molar-refractivity contribution in [1.29, 1.82) is 0 Å². The van der Waals surface area contributed by atoms with Gasteiger partial charge >= 0.3 is 0 Å². The maximum absolute atomic E-state index is 11.3. The Morgan fingerprint density at radius 2 is 2.07 bits per heavy atom. The standard InChI is InChI=1S/C8H19N3O2S/c1-3-8-7-10(2)5-4-6-11(8)14(9,12)13/h8H,3-7H2,1-2H3,(H2,9,12,13). The SMILES string of the molecule is CCC1CN(C)CCCN1S(N)(=O)=O. The normalized spacial score (nSPS) is 27.5. The lowest BCUT2D eigenvalue weighted by molar-refractivity contribution is 0.270. The lowest BCUT2D eigenvalue weighted by Gasteiger charge is -2.27. The van der Waals surface area contributed by atoms with Crippen LogP contribution in [0.1, 0.15) is 19.8 Å². The Morgan fingerprint density at radius 3 is 2.57 bits per heavy atom. The van der Waals surface area contributed by atoms with Gasteiger partial charge in [-0.15, -0.1) is 0 Å². The van der Waals surface area contributed by atoms with E-state index in [1.54, 1.807) is 0 Å². The Balaban J connectivity index is 2.81. The number of nitrogens with two attached hydrogens (primary N) is 1. The molecule has 0 bridgehead atoms. The number of hydrogen-bond acceptors (Lipinski definition) is 3. The van der Waals surface area contributed by atoms with Crippen molar-refractivity contribution in [2.24, 2.45) is 5.14 Å². The van der Waals surface area contributed by atoms with Gasteiger partial charge in [0, 0.05) is 19.1 Å². The highest BCUT2D eigenvalue weighted by molar-refractivity contribution is 7.86. The molecule has 0 amide bonds. The first-order chi connectivity index (χ1) is 6.45. The molecular formula is C8H19N3O2S. The molecule has 84 valence electrons. The van der Waals surface area contributed by atoms with E-state index >= 15 is 0 Å². The number of likely N-dealkylation sites (N-methyl/N-ethyl adjacent to an activating group) is 1. The lowest BCUT2D eigenvalue weighted by atomic mass is 10.2. The smallest absolute Gasteiger partial charge is 0.277 e. The van der Waals surface area contributed by atoms with Crippen LogP contribution in [0.3, 0.4) is 0 Å². The first kappa shape index (κ1) is 11.9. The van der Waals surface area contributed by atoms with E-state index in [2.05, 4.69) is 4.90 Å². The second-order valence-corrected chi connectivity index (χ2v) is 5.33. The van der Waals surface area contributed by atoms with Crippen LogP contribution in [-0.4, -0.2) is 50.3 Å². The third-order valence-corrected chi connectivity index (χ3v) is 3.78. The third-order valence-electron chi connectivity index (χ3n) is 2.65. The van der Waals surface area contributed by atoms with Gasteiger partial charge in [0.1, 0.15) is 0 Å². The van der Waals surface area contributed by atoms with E-state index in [4.69, 9.17) is 5.14 Å². The van der Waals surface area contributed by atoms with Gasteiger partial charge in [0.05, 0.1) is 0 Å². The molecule has 1 rings (SSSR count). The van der Waals surface area contributed by atoms with E-state index < -0.39 is 10.2 Å². The van der Waals surface area contributed by atoms with Crippen LogP contribution in [0.5, 0.6) is 0 Å². The summed E-state index contributed by atoms with van der Waals surface area (Å²) in [5.41, 5.74) is 0. The second-order valence-electron chi connectivity index (χ2n) is 3.83. The number of hydrogen-bond donors (Lipinski definition) is 1. The molecule has 0 aromatic rings. The minimum Gasteiger partial charge on any atom is -0.305 e. The molecule has 14 heavy (non-hydrogen) atoms. The molecule has 5 nitrogen and oxygen atoms in total. The summed E-state index contributed by atoms with van der Waals surface area (Å²) in [7, 11) is -1.52. The fraction of sp³-hybridized carbons (Fsp3) is 1.00. The van der Waals surface area contributed by atoms with Crippen LogP contribution in [-0.2, 0) is 10.2 Å². The molecule has 1 aliphatic heterocycles. The minimum absolute atomic E-state index is 0.0255. The van der Waals surface area contributed by atoms with Gasteiger partial charge in [0.15, 0.2) is 0 Å². The molecule has 2 N–H and O–H groups in total. The molecule has 0 spiro atoms. The van der Waals surface area contributed by atoms with Crippen molar-refractivity contribution in [3.63, 3.8) is 0 Å². The van der Waals surface area contributed by atoms with Crippen molar-refractivity contribution in [2.45, 2.75) is 25.8 Å². The predicted octanol–water partition coefficient (Wildman–Crippen LogP) is -0.394. The van der Waals surface area contributed by atoms with Crippen molar-refractivity contribution in [3.8, 4) is 0 Å². The molecule has 1 saturated heterocycles. The van der Waals surface area contributed by atoms with E-state index in [1.165, 1.54) is 4.31 Å². The van der Waals surface area contributed by atoms with E-state index in [1.807, 2.05) is 14.0 Å². The Hall–Kier alpha value is -0.170. The van der Waals surface area contributed by atoms with Gasteiger partial charge in [-0.1, -0.05) is 6.92 Å². The second kappa shape index (κ2) is 4.57. The van der Waals surface area contributed by atoms with Crippen molar-refractivity contribution in [2.75, 3.05) is 26.7 Å². The van der Waals surface area contributed by atoms with Gasteiger partial charge in [0.2, 0.25) is 0 Å². The Labute approximate surface area is 86.0 Å². The maximum atomic E-state index is 11.3. The minimum atomic E-state index is -3.53. The summed E-state index contributed by atoms with van der Waals surface area (Å²) in [6.45, 7) is 4.24. The molecule has 1 fully saturated rings. The molecule has 1 atom stereocenters. The summed E-state index contributed by atoms with van der Waals surface area (Å²) in [4.78, 5) is 2.15. The van der Waals surface area contributed by atoms with Crippen molar-refractivity contribution in [3.05, 3.63) is 0 Å². The molecular weight excluding hydrogens is 202 g/mol. The highest BCUT2D eigenvalue weighted by atomic mass is 32.2. The molecule has 1 unspecified atom stereocenters. The van der Waals surface area contributed by atoms with E-state index in [9.17, 15) is 8.42 Å². The molecule has 1 heterocycles. The van der Waals surface area contributed by atoms with Gasteiger partial charge in [0.25, 0.3) is 10.2 Å². The highest BCUT2D eigenvalue weighted by Crippen LogP contribution is 2.13. The van der Waals surface area contributed by atoms with E-state index in [0.29, 0.717) is 6.54 Å². The fourth-order valence-electron chi connectivity index (χ4n) is 1.89. The average Bonchev–Trinajstić information content (AvgIpc) is 2.25.